The van der Waals surface area contributed by atoms with Gasteiger partial charge in [0.2, 0.25) is 0 Å². The van der Waals surface area contributed by atoms with Gasteiger partial charge in [0, 0.05) is 45.3 Å². The summed E-state index contributed by atoms with van der Waals surface area (Å²) in [6.07, 6.45) is 42.8. The zero-order chi connectivity index (χ0) is 43.4. The van der Waals surface area contributed by atoms with Crippen LogP contribution in [-0.4, -0.2) is 81.3 Å². The molecule has 0 radical (unpaired) electrons. The molecule has 0 saturated carbocycles. The molecule has 0 aromatic carbocycles. The van der Waals surface area contributed by atoms with Crippen molar-refractivity contribution in [1.82, 2.24) is 4.90 Å². The van der Waals surface area contributed by atoms with Crippen LogP contribution in [0.3, 0.4) is 0 Å². The molecule has 1 unspecified atom stereocenters. The SMILES string of the molecule is CC/C=C\CCCCOC(CCC(=O)OCCC(CCOC(=O)CCCCCCC/C=C\C/C=C\CCCCC)OC(=O)CCCN1CCCC1)OCCCC/C=C\CC. The van der Waals surface area contributed by atoms with Gasteiger partial charge in [0.25, 0.3) is 0 Å². The van der Waals surface area contributed by atoms with Crippen molar-refractivity contribution in [3.8, 4) is 0 Å². The van der Waals surface area contributed by atoms with Gasteiger partial charge in [-0.2, -0.15) is 0 Å². The van der Waals surface area contributed by atoms with Crippen molar-refractivity contribution in [2.24, 2.45) is 0 Å². The lowest BCUT2D eigenvalue weighted by molar-refractivity contribution is -0.160. The van der Waals surface area contributed by atoms with Crippen LogP contribution < -0.4 is 0 Å². The highest BCUT2D eigenvalue weighted by molar-refractivity contribution is 5.70. The number of ether oxygens (including phenoxy) is 5. The summed E-state index contributed by atoms with van der Waals surface area (Å²) in [4.78, 5) is 40.5. The minimum Gasteiger partial charge on any atom is -0.466 e. The lowest BCUT2D eigenvalue weighted by Gasteiger charge is -2.20. The molecule has 1 aliphatic rings. The number of rotatable bonds is 42. The van der Waals surface area contributed by atoms with E-state index in [1.54, 1.807) is 0 Å². The molecule has 1 fully saturated rings. The minimum absolute atomic E-state index is 0.118. The van der Waals surface area contributed by atoms with Crippen LogP contribution in [0.5, 0.6) is 0 Å². The Bertz CT molecular complexity index is 1100. The number of hydrogen-bond acceptors (Lipinski definition) is 9. The van der Waals surface area contributed by atoms with E-state index in [1.165, 1.54) is 51.4 Å². The molecule has 0 aliphatic carbocycles. The number of hydrogen-bond donors (Lipinski definition) is 0. The van der Waals surface area contributed by atoms with Gasteiger partial charge >= 0.3 is 17.9 Å². The summed E-state index contributed by atoms with van der Waals surface area (Å²) in [6, 6.07) is 0. The van der Waals surface area contributed by atoms with Crippen molar-refractivity contribution in [3.05, 3.63) is 48.6 Å². The van der Waals surface area contributed by atoms with Crippen molar-refractivity contribution < 1.29 is 38.1 Å². The number of unbranched alkanes of at least 4 members (excludes halogenated alkanes) is 12. The molecule has 1 rings (SSSR count). The zero-order valence-electron chi connectivity index (χ0n) is 38.7. The third-order valence-corrected chi connectivity index (χ3v) is 10.6. The maximum Gasteiger partial charge on any atom is 0.306 e. The molecule has 0 N–H and O–H groups in total. The second kappa shape index (κ2) is 42.9. The first-order valence-corrected chi connectivity index (χ1v) is 24.5. The third-order valence-electron chi connectivity index (χ3n) is 10.6. The predicted octanol–water partition coefficient (Wildman–Crippen LogP) is 12.9. The van der Waals surface area contributed by atoms with Crippen LogP contribution >= 0.6 is 0 Å². The quantitative estimate of drug-likeness (QED) is 0.0195. The molecule has 346 valence electrons. The lowest BCUT2D eigenvalue weighted by atomic mass is 10.1. The van der Waals surface area contributed by atoms with Gasteiger partial charge in [-0.1, -0.05) is 101 Å². The molecular formula is C51H89NO8. The molecule has 1 aliphatic heterocycles. The van der Waals surface area contributed by atoms with Gasteiger partial charge in [-0.05, 0) is 129 Å². The van der Waals surface area contributed by atoms with Crippen LogP contribution in [0, 0.1) is 0 Å². The fourth-order valence-corrected chi connectivity index (χ4v) is 6.97. The van der Waals surface area contributed by atoms with Crippen LogP contribution in [0.25, 0.3) is 0 Å². The first-order valence-electron chi connectivity index (χ1n) is 24.5. The Hall–Kier alpha value is -2.75. The van der Waals surface area contributed by atoms with Crippen molar-refractivity contribution in [3.63, 3.8) is 0 Å². The van der Waals surface area contributed by atoms with Crippen molar-refractivity contribution in [1.29, 1.82) is 0 Å². The maximum atomic E-state index is 12.8. The number of likely N-dealkylation sites (tertiary alicyclic amines) is 1. The molecule has 1 atom stereocenters. The van der Waals surface area contributed by atoms with E-state index < -0.39 is 12.4 Å². The van der Waals surface area contributed by atoms with E-state index in [0.717, 1.165) is 110 Å². The largest absolute Gasteiger partial charge is 0.466 e. The summed E-state index contributed by atoms with van der Waals surface area (Å²) in [7, 11) is 0. The zero-order valence-corrected chi connectivity index (χ0v) is 38.7. The topological polar surface area (TPSA) is 101 Å². The molecule has 1 heterocycles. The van der Waals surface area contributed by atoms with Crippen molar-refractivity contribution in [2.75, 3.05) is 46.1 Å². The minimum atomic E-state index is -0.500. The van der Waals surface area contributed by atoms with E-state index in [-0.39, 0.29) is 37.5 Å². The second-order valence-electron chi connectivity index (χ2n) is 16.2. The Morgan fingerprint density at radius 3 is 1.58 bits per heavy atom. The summed E-state index contributed by atoms with van der Waals surface area (Å²) in [6.45, 7) is 11.0. The summed E-state index contributed by atoms with van der Waals surface area (Å²) in [5, 5.41) is 0. The fraction of sp³-hybridized carbons (Fsp3) is 0.784. The van der Waals surface area contributed by atoms with Gasteiger partial charge in [0.05, 0.1) is 19.6 Å². The van der Waals surface area contributed by atoms with Crippen LogP contribution in [0.1, 0.15) is 201 Å². The van der Waals surface area contributed by atoms with Gasteiger partial charge < -0.3 is 28.6 Å². The van der Waals surface area contributed by atoms with Gasteiger partial charge in [-0.3, -0.25) is 14.4 Å². The molecule has 0 aromatic rings. The highest BCUT2D eigenvalue weighted by Gasteiger charge is 2.19. The van der Waals surface area contributed by atoms with Crippen molar-refractivity contribution >= 4 is 17.9 Å². The van der Waals surface area contributed by atoms with Crippen molar-refractivity contribution in [2.45, 2.75) is 213 Å². The summed E-state index contributed by atoms with van der Waals surface area (Å²) < 4.78 is 29.1. The Kier molecular flexibility index (Phi) is 39.5. The average molecular weight is 844 g/mol. The predicted molar refractivity (Wildman–Crippen MR) is 247 cm³/mol. The van der Waals surface area contributed by atoms with Crippen LogP contribution in [0.15, 0.2) is 48.6 Å². The first-order chi connectivity index (χ1) is 29.5. The Morgan fingerprint density at radius 2 is 1.00 bits per heavy atom. The molecule has 0 bridgehead atoms. The highest BCUT2D eigenvalue weighted by Crippen LogP contribution is 2.14. The Morgan fingerprint density at radius 1 is 0.500 bits per heavy atom. The Labute approximate surface area is 367 Å². The fourth-order valence-electron chi connectivity index (χ4n) is 6.97. The summed E-state index contributed by atoms with van der Waals surface area (Å²) in [5.74, 6) is -0.813. The molecular weight excluding hydrogens is 755 g/mol. The molecule has 9 heteroatoms. The number of esters is 3. The molecule has 0 aromatic heterocycles. The second-order valence-corrected chi connectivity index (χ2v) is 16.2. The number of allylic oxidation sites excluding steroid dienone is 8. The Balaban J connectivity index is 2.44. The third kappa shape index (κ3) is 37.0. The van der Waals surface area contributed by atoms with E-state index in [4.69, 9.17) is 23.7 Å². The molecule has 60 heavy (non-hydrogen) atoms. The van der Waals surface area contributed by atoms with Crippen LogP contribution in [0.4, 0.5) is 0 Å². The number of carbonyl (C=O) groups is 3. The van der Waals surface area contributed by atoms with E-state index >= 15 is 0 Å². The number of carbonyl (C=O) groups excluding carboxylic acids is 3. The average Bonchev–Trinajstić information content (AvgIpc) is 3.76. The van der Waals surface area contributed by atoms with Crippen LogP contribution in [-0.2, 0) is 38.1 Å². The van der Waals surface area contributed by atoms with Gasteiger partial charge in [0.1, 0.15) is 6.10 Å². The van der Waals surface area contributed by atoms with Crippen LogP contribution in [0.2, 0.25) is 0 Å². The van der Waals surface area contributed by atoms with Gasteiger partial charge in [-0.15, -0.1) is 0 Å². The van der Waals surface area contributed by atoms with E-state index in [0.29, 0.717) is 45.3 Å². The lowest BCUT2D eigenvalue weighted by Crippen LogP contribution is -2.25. The number of nitrogens with zero attached hydrogens (tertiary/aromatic N) is 1. The maximum absolute atomic E-state index is 12.8. The summed E-state index contributed by atoms with van der Waals surface area (Å²) in [5.41, 5.74) is 0. The van der Waals surface area contributed by atoms with Gasteiger partial charge in [-0.25, -0.2) is 0 Å². The smallest absolute Gasteiger partial charge is 0.306 e. The summed E-state index contributed by atoms with van der Waals surface area (Å²) >= 11 is 0. The van der Waals surface area contributed by atoms with E-state index in [1.807, 2.05) is 0 Å². The molecule has 0 spiro atoms. The first kappa shape index (κ1) is 55.3. The van der Waals surface area contributed by atoms with Gasteiger partial charge in [0.15, 0.2) is 6.29 Å². The highest BCUT2D eigenvalue weighted by atomic mass is 16.7. The van der Waals surface area contributed by atoms with E-state index in [9.17, 15) is 14.4 Å². The molecule has 1 saturated heterocycles. The standard InChI is InChI=1S/C51H89NO8/c1-4-7-10-13-16-17-18-19-20-21-22-23-24-25-28-34-48(53)56-45-38-47(60-50(55)35-33-42-52-40-29-30-41-52)39-46-57-49(54)36-37-51(58-43-31-26-14-11-8-5-2)59-44-32-27-15-12-9-6-3/h8-9,11-12,16-17,19-20,47,51H,4-7,10,13-15,18,21-46H2,1-3H3/b11-8-,12-9-,17-16-,20-19-. The normalized spacial score (nSPS) is 14.1. The monoisotopic (exact) mass is 844 g/mol. The molecule has 9 nitrogen and oxygen atoms in total. The molecule has 0 amide bonds. The van der Waals surface area contributed by atoms with E-state index in [2.05, 4.69) is 74.3 Å².